The number of Topliss-reactive ketones (excluding diaryl/α,β-unsaturated/α-hetero) is 1. The van der Waals surface area contributed by atoms with Gasteiger partial charge in [-0.1, -0.05) is 23.8 Å². The molecule has 1 aromatic rings. The molecular weight excluding hydrogens is 174 g/mol. The van der Waals surface area contributed by atoms with E-state index in [0.717, 1.165) is 5.56 Å². The van der Waals surface area contributed by atoms with E-state index >= 15 is 0 Å². The molecule has 12 heavy (non-hydrogen) atoms. The second-order valence-electron chi connectivity index (χ2n) is 2.60. The first-order valence-electron chi connectivity index (χ1n) is 3.63. The number of carbonyl (C=O) groups excluding carboxylic acids is 1. The Bertz CT molecular complexity index is 371. The van der Waals surface area contributed by atoms with Crippen LogP contribution in [-0.4, -0.2) is 10.8 Å². The fourth-order valence-electron chi connectivity index (χ4n) is 1.19. The van der Waals surface area contributed by atoms with E-state index in [1.54, 1.807) is 12.1 Å². The van der Waals surface area contributed by atoms with E-state index in [4.69, 9.17) is 11.6 Å². The van der Waals surface area contributed by atoms with E-state index < -0.39 is 0 Å². The van der Waals surface area contributed by atoms with Gasteiger partial charge in [-0.15, -0.1) is 0 Å². The van der Waals surface area contributed by atoms with E-state index in [9.17, 15) is 4.79 Å². The zero-order valence-electron chi connectivity index (χ0n) is 6.25. The lowest BCUT2D eigenvalue weighted by atomic mass is 10.0. The second kappa shape index (κ2) is 2.72. The summed E-state index contributed by atoms with van der Waals surface area (Å²) in [4.78, 5) is 15.2. The van der Waals surface area contributed by atoms with Gasteiger partial charge in [0.05, 0.1) is 0 Å². The lowest BCUT2D eigenvalue weighted by Crippen LogP contribution is -2.06. The van der Waals surface area contributed by atoms with Gasteiger partial charge in [0.25, 0.3) is 0 Å². The minimum absolute atomic E-state index is 0.0370. The number of hydrogen-bond donors (Lipinski definition) is 0. The van der Waals surface area contributed by atoms with Crippen LogP contribution in [0, 0.1) is 0 Å². The van der Waals surface area contributed by atoms with Crippen molar-refractivity contribution in [1.29, 1.82) is 0 Å². The molecule has 0 unspecified atom stereocenters. The molecule has 0 saturated carbocycles. The third-order valence-electron chi connectivity index (χ3n) is 1.76. The maximum absolute atomic E-state index is 11.3. The Labute approximate surface area is 74.9 Å². The van der Waals surface area contributed by atoms with Crippen LogP contribution in [-0.2, 0) is 0 Å². The average Bonchev–Trinajstić information content (AvgIpc) is 2.07. The molecule has 1 aliphatic carbocycles. The first-order chi connectivity index (χ1) is 5.77. The van der Waals surface area contributed by atoms with E-state index in [1.165, 1.54) is 0 Å². The molecule has 1 aliphatic rings. The molecule has 0 amide bonds. The average molecular weight is 180 g/mol. The molecule has 3 heteroatoms. The van der Waals surface area contributed by atoms with Gasteiger partial charge in [-0.2, -0.15) is 0 Å². The third-order valence-corrected chi connectivity index (χ3v) is 1.97. The Morgan fingerprint density at radius 1 is 1.42 bits per heavy atom. The van der Waals surface area contributed by atoms with Crippen molar-refractivity contribution in [3.8, 4) is 0 Å². The maximum atomic E-state index is 11.3. The van der Waals surface area contributed by atoms with Crippen LogP contribution in [0.2, 0.25) is 5.15 Å². The van der Waals surface area contributed by atoms with Gasteiger partial charge in [-0.3, -0.25) is 4.79 Å². The first-order valence-corrected chi connectivity index (χ1v) is 4.01. The standard InChI is InChI=1S/C9H6ClNO/c10-8-5-4-6-2-1-3-7(12)9(6)11-8/h1-2,4-5H,3H2. The number of hydrogen-bond acceptors (Lipinski definition) is 2. The Morgan fingerprint density at radius 2 is 2.25 bits per heavy atom. The van der Waals surface area contributed by atoms with Gasteiger partial charge in [-0.05, 0) is 12.1 Å². The quantitative estimate of drug-likeness (QED) is 0.573. The molecule has 2 rings (SSSR count). The van der Waals surface area contributed by atoms with Crippen LogP contribution in [0.5, 0.6) is 0 Å². The Balaban J connectivity index is 2.63. The van der Waals surface area contributed by atoms with Crippen molar-refractivity contribution in [2.75, 3.05) is 0 Å². The summed E-state index contributed by atoms with van der Waals surface area (Å²) >= 11 is 5.65. The van der Waals surface area contributed by atoms with E-state index in [2.05, 4.69) is 4.98 Å². The highest BCUT2D eigenvalue weighted by atomic mass is 35.5. The smallest absolute Gasteiger partial charge is 0.185 e. The molecule has 0 saturated heterocycles. The summed E-state index contributed by atoms with van der Waals surface area (Å²) in [5.74, 6) is 0.0370. The van der Waals surface area contributed by atoms with Crippen LogP contribution >= 0.6 is 11.6 Å². The van der Waals surface area contributed by atoms with Gasteiger partial charge < -0.3 is 0 Å². The molecular formula is C9H6ClNO. The van der Waals surface area contributed by atoms with Crippen molar-refractivity contribution in [1.82, 2.24) is 4.98 Å². The van der Waals surface area contributed by atoms with E-state index in [0.29, 0.717) is 17.3 Å². The molecule has 0 fully saturated rings. The molecule has 0 aliphatic heterocycles. The van der Waals surface area contributed by atoms with Crippen molar-refractivity contribution in [2.45, 2.75) is 6.42 Å². The van der Waals surface area contributed by atoms with Crippen molar-refractivity contribution in [2.24, 2.45) is 0 Å². The number of halogens is 1. The number of nitrogens with zero attached hydrogens (tertiary/aromatic N) is 1. The highest BCUT2D eigenvalue weighted by Gasteiger charge is 2.14. The van der Waals surface area contributed by atoms with Gasteiger partial charge in [0, 0.05) is 12.0 Å². The molecule has 0 radical (unpaired) electrons. The van der Waals surface area contributed by atoms with Crippen LogP contribution in [0.25, 0.3) is 6.08 Å². The summed E-state index contributed by atoms with van der Waals surface area (Å²) in [5.41, 5.74) is 1.35. The molecule has 0 aromatic carbocycles. The minimum Gasteiger partial charge on any atom is -0.292 e. The number of fused-ring (bicyclic) bond motifs is 1. The molecule has 0 N–H and O–H groups in total. The number of allylic oxidation sites excluding steroid dienone is 1. The molecule has 60 valence electrons. The van der Waals surface area contributed by atoms with Crippen LogP contribution in [0.1, 0.15) is 22.5 Å². The number of pyridine rings is 1. The number of rotatable bonds is 0. The monoisotopic (exact) mass is 179 g/mol. The Hall–Kier alpha value is -1.15. The van der Waals surface area contributed by atoms with Crippen molar-refractivity contribution < 1.29 is 4.79 Å². The summed E-state index contributed by atoms with van der Waals surface area (Å²) in [7, 11) is 0. The normalized spacial score (nSPS) is 14.6. The fraction of sp³-hybridized carbons (Fsp3) is 0.111. The van der Waals surface area contributed by atoms with Gasteiger partial charge in [-0.25, -0.2) is 4.98 Å². The second-order valence-corrected chi connectivity index (χ2v) is 2.99. The summed E-state index contributed by atoms with van der Waals surface area (Å²) in [6, 6.07) is 3.49. The Morgan fingerprint density at radius 3 is 3.08 bits per heavy atom. The molecule has 0 bridgehead atoms. The van der Waals surface area contributed by atoms with Crippen LogP contribution in [0.3, 0.4) is 0 Å². The van der Waals surface area contributed by atoms with E-state index in [1.807, 2.05) is 12.2 Å². The predicted molar refractivity (Wildman–Crippen MR) is 47.2 cm³/mol. The van der Waals surface area contributed by atoms with Gasteiger partial charge >= 0.3 is 0 Å². The predicted octanol–water partition coefficient (Wildman–Crippen LogP) is 2.33. The molecule has 0 spiro atoms. The third kappa shape index (κ3) is 1.14. The van der Waals surface area contributed by atoms with Crippen LogP contribution in [0.15, 0.2) is 18.2 Å². The fourth-order valence-corrected chi connectivity index (χ4v) is 1.34. The SMILES string of the molecule is O=C1CC=Cc2ccc(Cl)nc21. The summed E-state index contributed by atoms with van der Waals surface area (Å²) in [6.07, 6.45) is 4.15. The topological polar surface area (TPSA) is 30.0 Å². The summed E-state index contributed by atoms with van der Waals surface area (Å²) in [6.45, 7) is 0. The van der Waals surface area contributed by atoms with Crippen molar-refractivity contribution in [3.63, 3.8) is 0 Å². The van der Waals surface area contributed by atoms with Gasteiger partial charge in [0.2, 0.25) is 0 Å². The lowest BCUT2D eigenvalue weighted by Gasteiger charge is -2.07. The zero-order chi connectivity index (χ0) is 8.55. The summed E-state index contributed by atoms with van der Waals surface area (Å²) in [5, 5.41) is 0.373. The number of carbonyl (C=O) groups is 1. The van der Waals surface area contributed by atoms with Crippen LogP contribution in [0.4, 0.5) is 0 Å². The Kier molecular flexibility index (Phi) is 1.70. The highest BCUT2D eigenvalue weighted by molar-refractivity contribution is 6.29. The molecule has 2 nitrogen and oxygen atoms in total. The van der Waals surface area contributed by atoms with E-state index in [-0.39, 0.29) is 5.78 Å². The summed E-state index contributed by atoms with van der Waals surface area (Å²) < 4.78 is 0. The molecule has 1 heterocycles. The number of aromatic nitrogens is 1. The largest absolute Gasteiger partial charge is 0.292 e. The molecule has 0 atom stereocenters. The molecule has 1 aromatic heterocycles. The lowest BCUT2D eigenvalue weighted by molar-refractivity contribution is 0.0990. The maximum Gasteiger partial charge on any atom is 0.185 e. The minimum atomic E-state index is 0.0370. The number of ketones is 1. The van der Waals surface area contributed by atoms with Crippen molar-refractivity contribution >= 4 is 23.5 Å². The van der Waals surface area contributed by atoms with Crippen LogP contribution < -0.4 is 0 Å². The van der Waals surface area contributed by atoms with Gasteiger partial charge in [0.1, 0.15) is 10.8 Å². The van der Waals surface area contributed by atoms with Gasteiger partial charge in [0.15, 0.2) is 5.78 Å². The van der Waals surface area contributed by atoms with Crippen molar-refractivity contribution in [3.05, 3.63) is 34.6 Å². The first kappa shape index (κ1) is 7.50. The zero-order valence-corrected chi connectivity index (χ0v) is 7.01. The highest BCUT2D eigenvalue weighted by Crippen LogP contribution is 2.18.